The van der Waals surface area contributed by atoms with Crippen LogP contribution in [-0.2, 0) is 0 Å². The van der Waals surface area contributed by atoms with Gasteiger partial charge >= 0.3 is 0 Å². The molecule has 48 valence electrons. The number of aliphatic hydroxyl groups is 1. The Morgan fingerprint density at radius 3 is 2.88 bits per heavy atom. The number of aliphatic imine (C=N–C) groups is 1. The van der Waals surface area contributed by atoms with Gasteiger partial charge in [-0.05, 0) is 13.6 Å². The Hall–Kier alpha value is -0.410. The Bertz CT molecular complexity index is 63.4. The van der Waals surface area contributed by atoms with Crippen LogP contribution in [0.15, 0.2) is 4.99 Å². The van der Waals surface area contributed by atoms with E-state index in [4.69, 9.17) is 5.11 Å². The summed E-state index contributed by atoms with van der Waals surface area (Å²) in [4.78, 5) is 3.54. The fraction of sp³-hybridized carbons (Fsp3) is 0.800. The summed E-state index contributed by atoms with van der Waals surface area (Å²) in [6.45, 7) is 6.08. The maximum atomic E-state index is 8.65. The van der Waals surface area contributed by atoms with Gasteiger partial charge in [0.05, 0.1) is 12.8 Å². The number of hydrogen-bond acceptors (Lipinski definition) is 3. The predicted octanol–water partition coefficient (Wildman–Crippen LogP) is -0.385. The van der Waals surface area contributed by atoms with Crippen LogP contribution in [0.5, 0.6) is 0 Å². The first-order valence-corrected chi connectivity index (χ1v) is 2.58. The molecule has 3 nitrogen and oxygen atoms in total. The summed E-state index contributed by atoms with van der Waals surface area (Å²) in [5, 5.41) is 11.5. The van der Waals surface area contributed by atoms with E-state index in [0.717, 1.165) is 0 Å². The van der Waals surface area contributed by atoms with Gasteiger partial charge in [-0.2, -0.15) is 0 Å². The molecule has 0 unspecified atom stereocenters. The molecule has 3 heteroatoms. The molecule has 0 bridgehead atoms. The molecular formula is C5H12N2O. The summed E-state index contributed by atoms with van der Waals surface area (Å²) in [6.07, 6.45) is -0.295. The number of rotatable bonds is 4. The molecule has 0 aromatic carbocycles. The van der Waals surface area contributed by atoms with E-state index in [1.165, 1.54) is 0 Å². The van der Waals surface area contributed by atoms with Gasteiger partial charge in [0.15, 0.2) is 0 Å². The standard InChI is InChI=1S/C5H12N2O/c1-5(8)3-7-4-6-2/h5,7-8H,2-4H2,1H3/t5-/m0/s1. The van der Waals surface area contributed by atoms with Crippen LogP contribution in [-0.4, -0.2) is 31.1 Å². The molecule has 2 N–H and O–H groups in total. The number of nitrogens with zero attached hydrogens (tertiary/aromatic N) is 1. The van der Waals surface area contributed by atoms with E-state index in [1.807, 2.05) is 0 Å². The van der Waals surface area contributed by atoms with E-state index in [-0.39, 0.29) is 6.10 Å². The molecule has 0 aliphatic rings. The van der Waals surface area contributed by atoms with Crippen LogP contribution < -0.4 is 5.32 Å². The van der Waals surface area contributed by atoms with Crippen LogP contribution in [0.3, 0.4) is 0 Å². The maximum absolute atomic E-state index is 8.65. The van der Waals surface area contributed by atoms with Crippen LogP contribution in [0.1, 0.15) is 6.92 Å². The summed E-state index contributed by atoms with van der Waals surface area (Å²) in [5.41, 5.74) is 0. The summed E-state index contributed by atoms with van der Waals surface area (Å²) in [5.74, 6) is 0. The molecule has 8 heavy (non-hydrogen) atoms. The normalized spacial score (nSPS) is 13.2. The van der Waals surface area contributed by atoms with Crippen molar-refractivity contribution in [2.45, 2.75) is 13.0 Å². The molecule has 0 rings (SSSR count). The zero-order valence-electron chi connectivity index (χ0n) is 5.09. The van der Waals surface area contributed by atoms with Gasteiger partial charge in [0.2, 0.25) is 0 Å². The second-order valence-corrected chi connectivity index (χ2v) is 1.68. The van der Waals surface area contributed by atoms with Crippen LogP contribution >= 0.6 is 0 Å². The first kappa shape index (κ1) is 7.59. The fourth-order valence-corrected chi connectivity index (χ4v) is 0.352. The number of aliphatic hydroxyl groups excluding tert-OH is 1. The summed E-state index contributed by atoms with van der Waals surface area (Å²) < 4.78 is 0. The Labute approximate surface area is 49.4 Å². The molecule has 0 spiro atoms. The average molecular weight is 116 g/mol. The lowest BCUT2D eigenvalue weighted by atomic mass is 10.4. The van der Waals surface area contributed by atoms with Crippen molar-refractivity contribution in [1.29, 1.82) is 0 Å². The van der Waals surface area contributed by atoms with Crippen molar-refractivity contribution >= 4 is 6.72 Å². The van der Waals surface area contributed by atoms with E-state index in [0.29, 0.717) is 13.2 Å². The SMILES string of the molecule is C=NCNC[C@H](C)O. The first-order valence-electron chi connectivity index (χ1n) is 2.58. The molecule has 0 aliphatic carbocycles. The minimum Gasteiger partial charge on any atom is -0.392 e. The highest BCUT2D eigenvalue weighted by Gasteiger charge is 1.89. The van der Waals surface area contributed by atoms with Crippen LogP contribution in [0.4, 0.5) is 0 Å². The van der Waals surface area contributed by atoms with Gasteiger partial charge in [0.1, 0.15) is 0 Å². The summed E-state index contributed by atoms with van der Waals surface area (Å²) in [7, 11) is 0. The molecule has 0 saturated carbocycles. The molecule has 0 fully saturated rings. The second kappa shape index (κ2) is 4.74. The lowest BCUT2D eigenvalue weighted by Crippen LogP contribution is -2.24. The van der Waals surface area contributed by atoms with Gasteiger partial charge in [-0.15, -0.1) is 0 Å². The predicted molar refractivity (Wildman–Crippen MR) is 34.1 cm³/mol. The monoisotopic (exact) mass is 116 g/mol. The fourth-order valence-electron chi connectivity index (χ4n) is 0.352. The van der Waals surface area contributed by atoms with Gasteiger partial charge in [0.25, 0.3) is 0 Å². The van der Waals surface area contributed by atoms with E-state index in [9.17, 15) is 0 Å². The number of hydrogen-bond donors (Lipinski definition) is 2. The molecule has 0 aliphatic heterocycles. The third-order valence-corrected chi connectivity index (χ3v) is 0.663. The Morgan fingerprint density at radius 2 is 2.50 bits per heavy atom. The van der Waals surface area contributed by atoms with E-state index >= 15 is 0 Å². The van der Waals surface area contributed by atoms with E-state index in [1.54, 1.807) is 6.92 Å². The van der Waals surface area contributed by atoms with Crippen molar-refractivity contribution in [3.63, 3.8) is 0 Å². The van der Waals surface area contributed by atoms with Gasteiger partial charge in [-0.3, -0.25) is 10.3 Å². The van der Waals surface area contributed by atoms with Gasteiger partial charge in [-0.25, -0.2) is 0 Å². The minimum atomic E-state index is -0.295. The average Bonchev–Trinajstić information content (AvgIpc) is 1.66. The highest BCUT2D eigenvalue weighted by atomic mass is 16.3. The summed E-state index contributed by atoms with van der Waals surface area (Å²) in [6, 6.07) is 0. The third kappa shape index (κ3) is 5.59. The third-order valence-electron chi connectivity index (χ3n) is 0.663. The molecule has 0 saturated heterocycles. The van der Waals surface area contributed by atoms with Crippen molar-refractivity contribution in [3.8, 4) is 0 Å². The number of nitrogens with one attached hydrogen (secondary N) is 1. The summed E-state index contributed by atoms with van der Waals surface area (Å²) >= 11 is 0. The van der Waals surface area contributed by atoms with Crippen molar-refractivity contribution in [2.24, 2.45) is 4.99 Å². The van der Waals surface area contributed by atoms with Crippen molar-refractivity contribution < 1.29 is 5.11 Å². The first-order chi connectivity index (χ1) is 3.77. The zero-order chi connectivity index (χ0) is 6.41. The molecule has 0 aromatic rings. The van der Waals surface area contributed by atoms with E-state index in [2.05, 4.69) is 17.0 Å². The highest BCUT2D eigenvalue weighted by Crippen LogP contribution is 1.72. The van der Waals surface area contributed by atoms with Crippen LogP contribution in [0.25, 0.3) is 0 Å². The van der Waals surface area contributed by atoms with Crippen LogP contribution in [0.2, 0.25) is 0 Å². The lowest BCUT2D eigenvalue weighted by molar-refractivity contribution is 0.192. The van der Waals surface area contributed by atoms with Gasteiger partial charge in [0, 0.05) is 6.54 Å². The lowest BCUT2D eigenvalue weighted by Gasteiger charge is -2.01. The molecule has 0 amide bonds. The van der Waals surface area contributed by atoms with Crippen molar-refractivity contribution in [2.75, 3.05) is 13.2 Å². The van der Waals surface area contributed by atoms with Crippen molar-refractivity contribution in [1.82, 2.24) is 5.32 Å². The quantitative estimate of drug-likeness (QED) is 0.388. The molecule has 0 radical (unpaired) electrons. The maximum Gasteiger partial charge on any atom is 0.0878 e. The molecule has 0 heterocycles. The molecule has 0 aromatic heterocycles. The minimum absolute atomic E-state index is 0.295. The van der Waals surface area contributed by atoms with E-state index < -0.39 is 0 Å². The highest BCUT2D eigenvalue weighted by molar-refractivity contribution is 5.22. The topological polar surface area (TPSA) is 44.6 Å². The Kier molecular flexibility index (Phi) is 4.50. The van der Waals surface area contributed by atoms with Crippen LogP contribution in [0, 0.1) is 0 Å². The molecular weight excluding hydrogens is 104 g/mol. The van der Waals surface area contributed by atoms with Crippen molar-refractivity contribution in [3.05, 3.63) is 0 Å². The molecule has 1 atom stereocenters. The smallest absolute Gasteiger partial charge is 0.0878 e. The Balaban J connectivity index is 2.81. The largest absolute Gasteiger partial charge is 0.392 e. The second-order valence-electron chi connectivity index (χ2n) is 1.68. The zero-order valence-corrected chi connectivity index (χ0v) is 5.09. The Morgan fingerprint density at radius 1 is 1.88 bits per heavy atom. The van der Waals surface area contributed by atoms with Gasteiger partial charge in [-0.1, -0.05) is 0 Å². The van der Waals surface area contributed by atoms with Gasteiger partial charge < -0.3 is 5.11 Å².